The minimum Gasteiger partial charge on any atom is -0.382 e. The SMILES string of the molecule is CC[C@@H](C)N(Cc1ccc(OS(=O)(=O)C(C)C)cc1)C(=O)NC(C)(C)C. The summed E-state index contributed by atoms with van der Waals surface area (Å²) in [6.07, 6.45) is 0.839. The highest BCUT2D eigenvalue weighted by molar-refractivity contribution is 7.87. The van der Waals surface area contributed by atoms with E-state index in [0.29, 0.717) is 6.54 Å². The van der Waals surface area contributed by atoms with Gasteiger partial charge >= 0.3 is 16.1 Å². The van der Waals surface area contributed by atoms with Gasteiger partial charge in [0.2, 0.25) is 0 Å². The quantitative estimate of drug-likeness (QED) is 0.723. The molecule has 0 aliphatic rings. The minimum absolute atomic E-state index is 0.0783. The van der Waals surface area contributed by atoms with Crippen LogP contribution in [0.25, 0.3) is 0 Å². The maximum Gasteiger partial charge on any atom is 0.318 e. The molecule has 6 nitrogen and oxygen atoms in total. The molecule has 0 aliphatic carbocycles. The summed E-state index contributed by atoms with van der Waals surface area (Å²) in [5.74, 6) is 0.275. The van der Waals surface area contributed by atoms with Crippen molar-refractivity contribution in [2.75, 3.05) is 0 Å². The monoisotopic (exact) mass is 384 g/mol. The van der Waals surface area contributed by atoms with E-state index in [1.165, 1.54) is 0 Å². The molecule has 0 aromatic heterocycles. The van der Waals surface area contributed by atoms with Gasteiger partial charge < -0.3 is 14.4 Å². The van der Waals surface area contributed by atoms with Crippen LogP contribution in [0.4, 0.5) is 4.79 Å². The van der Waals surface area contributed by atoms with Crippen LogP contribution in [0, 0.1) is 0 Å². The molecule has 7 heteroatoms. The Morgan fingerprint density at radius 1 is 1.15 bits per heavy atom. The summed E-state index contributed by atoms with van der Waals surface area (Å²) < 4.78 is 28.7. The molecule has 1 aromatic carbocycles. The second kappa shape index (κ2) is 8.75. The molecule has 0 fully saturated rings. The lowest BCUT2D eigenvalue weighted by Crippen LogP contribution is -2.50. The summed E-state index contributed by atoms with van der Waals surface area (Å²) in [5, 5.41) is 2.39. The normalized spacial score (nSPS) is 13.4. The van der Waals surface area contributed by atoms with Gasteiger partial charge in [-0.3, -0.25) is 0 Å². The predicted octanol–water partition coefficient (Wildman–Crippen LogP) is 3.91. The topological polar surface area (TPSA) is 75.7 Å². The van der Waals surface area contributed by atoms with Gasteiger partial charge in [-0.05, 0) is 65.7 Å². The first-order valence-electron chi connectivity index (χ1n) is 8.96. The lowest BCUT2D eigenvalue weighted by Gasteiger charge is -2.32. The Bertz CT molecular complexity index is 691. The van der Waals surface area contributed by atoms with Crippen molar-refractivity contribution >= 4 is 16.1 Å². The van der Waals surface area contributed by atoms with Crippen LogP contribution in [0.5, 0.6) is 5.75 Å². The van der Waals surface area contributed by atoms with Gasteiger partial charge in [0.15, 0.2) is 0 Å². The summed E-state index contributed by atoms with van der Waals surface area (Å²) in [6.45, 7) is 13.5. The van der Waals surface area contributed by atoms with Crippen LogP contribution in [-0.4, -0.2) is 36.2 Å². The van der Waals surface area contributed by atoms with E-state index in [1.807, 2.05) is 34.6 Å². The average molecular weight is 385 g/mol. The summed E-state index contributed by atoms with van der Waals surface area (Å²) in [5.41, 5.74) is 0.592. The Morgan fingerprint density at radius 3 is 2.12 bits per heavy atom. The number of benzene rings is 1. The van der Waals surface area contributed by atoms with Crippen molar-refractivity contribution in [3.8, 4) is 5.75 Å². The summed E-state index contributed by atoms with van der Waals surface area (Å²) >= 11 is 0. The fourth-order valence-corrected chi connectivity index (χ4v) is 2.69. The van der Waals surface area contributed by atoms with E-state index in [2.05, 4.69) is 5.32 Å². The standard InChI is InChI=1S/C19H32N2O4S/c1-8-15(4)21(18(22)20-19(5,6)7)13-16-9-11-17(12-10-16)25-26(23,24)14(2)3/h9-12,14-15H,8,13H2,1-7H3,(H,20,22)/t15-/m1/s1. The van der Waals surface area contributed by atoms with Gasteiger partial charge in [0.1, 0.15) is 5.75 Å². The molecule has 0 aliphatic heterocycles. The van der Waals surface area contributed by atoms with E-state index in [0.717, 1.165) is 12.0 Å². The molecule has 1 N–H and O–H groups in total. The zero-order valence-electron chi connectivity index (χ0n) is 16.9. The second-order valence-electron chi connectivity index (χ2n) is 7.83. The minimum atomic E-state index is -3.61. The van der Waals surface area contributed by atoms with Crippen molar-refractivity contribution in [3.05, 3.63) is 29.8 Å². The number of nitrogens with one attached hydrogen (secondary N) is 1. The molecule has 0 radical (unpaired) electrons. The van der Waals surface area contributed by atoms with E-state index in [9.17, 15) is 13.2 Å². The van der Waals surface area contributed by atoms with E-state index in [4.69, 9.17) is 4.18 Å². The number of nitrogens with zero attached hydrogens (tertiary/aromatic N) is 1. The Kier molecular flexibility index (Phi) is 7.50. The first-order valence-corrected chi connectivity index (χ1v) is 10.4. The van der Waals surface area contributed by atoms with Gasteiger partial charge in [0.05, 0.1) is 5.25 Å². The molecule has 0 saturated carbocycles. The Hall–Kier alpha value is -1.76. The molecule has 1 aromatic rings. The van der Waals surface area contributed by atoms with Gasteiger partial charge in [-0.1, -0.05) is 19.1 Å². The van der Waals surface area contributed by atoms with E-state index in [-0.39, 0.29) is 23.4 Å². The summed E-state index contributed by atoms with van der Waals surface area (Å²) in [7, 11) is -3.61. The highest BCUT2D eigenvalue weighted by Crippen LogP contribution is 2.19. The third-order valence-electron chi connectivity index (χ3n) is 3.93. The third-order valence-corrected chi connectivity index (χ3v) is 5.51. The average Bonchev–Trinajstić information content (AvgIpc) is 2.51. The Balaban J connectivity index is 2.91. The molecule has 0 saturated heterocycles. The van der Waals surface area contributed by atoms with Crippen molar-refractivity contribution in [2.24, 2.45) is 0 Å². The fraction of sp³-hybridized carbons (Fsp3) is 0.632. The zero-order valence-corrected chi connectivity index (χ0v) is 17.7. The number of rotatable bonds is 7. The molecule has 148 valence electrons. The van der Waals surface area contributed by atoms with Gasteiger partial charge in [-0.25, -0.2) is 4.79 Å². The Morgan fingerprint density at radius 2 is 1.69 bits per heavy atom. The molecule has 0 bridgehead atoms. The van der Waals surface area contributed by atoms with Crippen LogP contribution in [0.15, 0.2) is 24.3 Å². The molecule has 0 spiro atoms. The Labute approximate surface area is 158 Å². The smallest absolute Gasteiger partial charge is 0.318 e. The fourth-order valence-electron chi connectivity index (χ4n) is 2.12. The maximum absolute atomic E-state index is 12.6. The van der Waals surface area contributed by atoms with Gasteiger partial charge in [-0.2, -0.15) is 8.42 Å². The number of carbonyl (C=O) groups excluding carboxylic acids is 1. The number of amides is 2. The number of hydrogen-bond donors (Lipinski definition) is 1. The van der Waals surface area contributed by atoms with Crippen LogP contribution in [0.2, 0.25) is 0 Å². The molecule has 1 atom stereocenters. The molecular weight excluding hydrogens is 352 g/mol. The van der Waals surface area contributed by atoms with E-state index in [1.54, 1.807) is 43.0 Å². The molecule has 0 unspecified atom stereocenters. The van der Waals surface area contributed by atoms with Crippen molar-refractivity contribution in [1.29, 1.82) is 0 Å². The number of hydrogen-bond acceptors (Lipinski definition) is 4. The van der Waals surface area contributed by atoms with Crippen molar-refractivity contribution in [2.45, 2.75) is 78.3 Å². The predicted molar refractivity (Wildman–Crippen MR) is 105 cm³/mol. The first-order chi connectivity index (χ1) is 11.9. The second-order valence-corrected chi connectivity index (χ2v) is 9.93. The van der Waals surface area contributed by atoms with Gasteiger partial charge in [-0.15, -0.1) is 0 Å². The first kappa shape index (κ1) is 22.3. The van der Waals surface area contributed by atoms with Gasteiger partial charge in [0.25, 0.3) is 0 Å². The molecule has 0 heterocycles. The van der Waals surface area contributed by atoms with Crippen LogP contribution in [-0.2, 0) is 16.7 Å². The molecule has 1 rings (SSSR count). The van der Waals surface area contributed by atoms with Gasteiger partial charge in [0, 0.05) is 18.1 Å². The lowest BCUT2D eigenvalue weighted by atomic mass is 10.1. The third kappa shape index (κ3) is 6.86. The molecular formula is C19H32N2O4S. The van der Waals surface area contributed by atoms with Crippen molar-refractivity contribution in [3.63, 3.8) is 0 Å². The van der Waals surface area contributed by atoms with Crippen LogP contribution in [0.1, 0.15) is 60.5 Å². The summed E-state index contributed by atoms with van der Waals surface area (Å²) in [4.78, 5) is 14.4. The van der Waals surface area contributed by atoms with Crippen molar-refractivity contribution < 1.29 is 17.4 Å². The van der Waals surface area contributed by atoms with Crippen LogP contribution in [0.3, 0.4) is 0 Å². The van der Waals surface area contributed by atoms with Crippen molar-refractivity contribution in [1.82, 2.24) is 10.2 Å². The zero-order chi connectivity index (χ0) is 20.1. The lowest BCUT2D eigenvalue weighted by molar-refractivity contribution is 0.165. The highest BCUT2D eigenvalue weighted by atomic mass is 32.2. The molecule has 2 amide bonds. The largest absolute Gasteiger partial charge is 0.382 e. The number of urea groups is 1. The highest BCUT2D eigenvalue weighted by Gasteiger charge is 2.23. The van der Waals surface area contributed by atoms with Crippen LogP contribution < -0.4 is 9.50 Å². The maximum atomic E-state index is 12.6. The van der Waals surface area contributed by atoms with E-state index >= 15 is 0 Å². The van der Waals surface area contributed by atoms with E-state index < -0.39 is 15.4 Å². The van der Waals surface area contributed by atoms with Crippen LogP contribution >= 0.6 is 0 Å². The summed E-state index contributed by atoms with van der Waals surface area (Å²) in [6, 6.07) is 6.76. The molecule has 26 heavy (non-hydrogen) atoms. The number of carbonyl (C=O) groups is 1.